The summed E-state index contributed by atoms with van der Waals surface area (Å²) in [7, 11) is 0. The number of carbonyl (C=O) groups excluding carboxylic acids is 2. The van der Waals surface area contributed by atoms with Crippen LogP contribution in [0.25, 0.3) is 5.76 Å². The molecule has 0 aliphatic carbocycles. The molecule has 0 bridgehead atoms. The van der Waals surface area contributed by atoms with Crippen molar-refractivity contribution in [1.29, 1.82) is 0 Å². The molecule has 0 radical (unpaired) electrons. The molecule has 1 fully saturated rings. The molecule has 6 nitrogen and oxygen atoms in total. The number of rotatable bonds is 6. The number of amides is 1. The minimum absolute atomic E-state index is 0.0982. The lowest BCUT2D eigenvalue weighted by Gasteiger charge is -2.25. The second kappa shape index (κ2) is 8.32. The van der Waals surface area contributed by atoms with Crippen LogP contribution in [0.5, 0.6) is 0 Å². The van der Waals surface area contributed by atoms with Crippen molar-refractivity contribution in [1.82, 2.24) is 14.5 Å². The van der Waals surface area contributed by atoms with Gasteiger partial charge in [-0.05, 0) is 12.5 Å². The number of hydrogen-bond acceptors (Lipinski definition) is 4. The molecule has 2 heterocycles. The molecule has 0 unspecified atom stereocenters. The van der Waals surface area contributed by atoms with E-state index in [1.807, 2.05) is 4.57 Å². The highest BCUT2D eigenvalue weighted by molar-refractivity contribution is 6.46. The number of likely N-dealkylation sites (tertiary alicyclic amines) is 1. The zero-order valence-corrected chi connectivity index (χ0v) is 16.1. The molecule has 0 spiro atoms. The van der Waals surface area contributed by atoms with Gasteiger partial charge in [0.2, 0.25) is 0 Å². The number of Topliss-reactive ketones (excluding diaryl/α,β-unsaturated/α-hetero) is 1. The van der Waals surface area contributed by atoms with Crippen LogP contribution in [0.3, 0.4) is 0 Å². The maximum absolute atomic E-state index is 14.7. The average molecular weight is 405 g/mol. The van der Waals surface area contributed by atoms with E-state index in [0.717, 1.165) is 0 Å². The average Bonchev–Trinajstić information content (AvgIpc) is 3.37. The smallest absolute Gasteiger partial charge is 0.295 e. The first-order valence-corrected chi connectivity index (χ1v) is 9.62. The monoisotopic (exact) mass is 405 g/mol. The molecule has 0 saturated carbocycles. The van der Waals surface area contributed by atoms with Gasteiger partial charge in [0.15, 0.2) is 0 Å². The second-order valence-electron chi connectivity index (χ2n) is 7.03. The Kier molecular flexibility index (Phi) is 5.43. The largest absolute Gasteiger partial charge is 0.507 e. The van der Waals surface area contributed by atoms with Gasteiger partial charge in [-0.15, -0.1) is 0 Å². The number of carbonyl (C=O) groups is 2. The number of hydrogen-bond donors (Lipinski definition) is 1. The van der Waals surface area contributed by atoms with Crippen LogP contribution in [-0.4, -0.2) is 37.8 Å². The number of ketones is 1. The molecule has 30 heavy (non-hydrogen) atoms. The molecule has 1 aromatic heterocycles. The number of imidazole rings is 1. The summed E-state index contributed by atoms with van der Waals surface area (Å²) >= 11 is 0. The first kappa shape index (κ1) is 19.6. The summed E-state index contributed by atoms with van der Waals surface area (Å²) < 4.78 is 16.5. The highest BCUT2D eigenvalue weighted by Gasteiger charge is 2.46. The van der Waals surface area contributed by atoms with E-state index in [-0.39, 0.29) is 23.4 Å². The summed E-state index contributed by atoms with van der Waals surface area (Å²) in [6.45, 7) is 0.818. The maximum Gasteiger partial charge on any atom is 0.295 e. The van der Waals surface area contributed by atoms with Crippen LogP contribution in [0.2, 0.25) is 0 Å². The van der Waals surface area contributed by atoms with Gasteiger partial charge in [-0.2, -0.15) is 0 Å². The third-order valence-corrected chi connectivity index (χ3v) is 5.16. The van der Waals surface area contributed by atoms with Gasteiger partial charge in [0, 0.05) is 36.6 Å². The number of halogens is 1. The fourth-order valence-electron chi connectivity index (χ4n) is 3.72. The lowest BCUT2D eigenvalue weighted by Crippen LogP contribution is -2.31. The Morgan fingerprint density at radius 1 is 1.03 bits per heavy atom. The fourth-order valence-corrected chi connectivity index (χ4v) is 3.72. The van der Waals surface area contributed by atoms with E-state index in [4.69, 9.17) is 0 Å². The Bertz CT molecular complexity index is 1090. The minimum atomic E-state index is -0.991. The van der Waals surface area contributed by atoms with Gasteiger partial charge < -0.3 is 14.6 Å². The molecule has 7 heteroatoms. The maximum atomic E-state index is 14.7. The van der Waals surface area contributed by atoms with Crippen molar-refractivity contribution < 1.29 is 19.1 Å². The molecule has 1 atom stereocenters. The van der Waals surface area contributed by atoms with Gasteiger partial charge in [0.25, 0.3) is 11.7 Å². The van der Waals surface area contributed by atoms with Gasteiger partial charge in [-0.1, -0.05) is 48.5 Å². The van der Waals surface area contributed by atoms with Gasteiger partial charge >= 0.3 is 0 Å². The quantitative estimate of drug-likeness (QED) is 0.387. The fraction of sp³-hybridized carbons (Fsp3) is 0.174. The van der Waals surface area contributed by atoms with E-state index < -0.39 is 23.5 Å². The van der Waals surface area contributed by atoms with Crippen LogP contribution in [0.15, 0.2) is 78.9 Å². The van der Waals surface area contributed by atoms with Crippen molar-refractivity contribution in [3.63, 3.8) is 0 Å². The van der Waals surface area contributed by atoms with Crippen molar-refractivity contribution in [2.45, 2.75) is 19.0 Å². The van der Waals surface area contributed by atoms with Crippen molar-refractivity contribution in [3.05, 3.63) is 95.8 Å². The number of nitrogens with zero attached hydrogens (tertiary/aromatic N) is 3. The molecule has 2 aromatic carbocycles. The summed E-state index contributed by atoms with van der Waals surface area (Å²) in [5.41, 5.74) is 0.478. The van der Waals surface area contributed by atoms with E-state index in [2.05, 4.69) is 4.98 Å². The molecule has 152 valence electrons. The molecule has 1 amide bonds. The van der Waals surface area contributed by atoms with Crippen LogP contribution >= 0.6 is 0 Å². The Labute approximate surface area is 172 Å². The first-order valence-electron chi connectivity index (χ1n) is 9.62. The van der Waals surface area contributed by atoms with Crippen molar-refractivity contribution in [3.8, 4) is 0 Å². The summed E-state index contributed by atoms with van der Waals surface area (Å²) in [4.78, 5) is 31.0. The summed E-state index contributed by atoms with van der Waals surface area (Å²) in [5.74, 6) is -2.40. The lowest BCUT2D eigenvalue weighted by molar-refractivity contribution is -0.140. The SMILES string of the molecule is O=C1C(=O)N(CCCn2ccnc2)[C@H](c2ccccc2F)/C1=C(\O)c1ccccc1. The molecular weight excluding hydrogens is 385 g/mol. The molecule has 3 aromatic rings. The number of aliphatic hydroxyl groups excluding tert-OH is 1. The Morgan fingerprint density at radius 2 is 1.77 bits per heavy atom. The van der Waals surface area contributed by atoms with Gasteiger partial charge in [0.05, 0.1) is 17.9 Å². The summed E-state index contributed by atoms with van der Waals surface area (Å²) in [6.07, 6.45) is 5.67. The zero-order valence-electron chi connectivity index (χ0n) is 16.1. The highest BCUT2D eigenvalue weighted by atomic mass is 19.1. The van der Waals surface area contributed by atoms with Gasteiger partial charge in [-0.25, -0.2) is 9.37 Å². The standard InChI is InChI=1S/C23H20FN3O3/c24-18-10-5-4-9-17(18)20-19(21(28)16-7-2-1-3-8-16)22(29)23(30)27(20)13-6-12-26-14-11-25-15-26/h1-5,7-11,14-15,20,28H,6,12-13H2/b21-19+/t20-/m1/s1. The zero-order chi connectivity index (χ0) is 21.1. The van der Waals surface area contributed by atoms with Crippen LogP contribution in [0.4, 0.5) is 4.39 Å². The van der Waals surface area contributed by atoms with Gasteiger partial charge in [-0.3, -0.25) is 9.59 Å². The third-order valence-electron chi connectivity index (χ3n) is 5.16. The molecular formula is C23H20FN3O3. The highest BCUT2D eigenvalue weighted by Crippen LogP contribution is 2.40. The van der Waals surface area contributed by atoms with E-state index in [0.29, 0.717) is 18.5 Å². The Morgan fingerprint density at radius 3 is 2.47 bits per heavy atom. The predicted octanol–water partition coefficient (Wildman–Crippen LogP) is 3.53. The van der Waals surface area contributed by atoms with Crippen LogP contribution in [0, 0.1) is 5.82 Å². The third kappa shape index (κ3) is 3.61. The second-order valence-corrected chi connectivity index (χ2v) is 7.03. The number of aryl methyl sites for hydroxylation is 1. The van der Waals surface area contributed by atoms with E-state index in [1.165, 1.54) is 17.0 Å². The van der Waals surface area contributed by atoms with Crippen LogP contribution in [0.1, 0.15) is 23.6 Å². The van der Waals surface area contributed by atoms with Crippen molar-refractivity contribution >= 4 is 17.4 Å². The summed E-state index contributed by atoms with van der Waals surface area (Å²) in [6, 6.07) is 13.5. The first-order chi connectivity index (χ1) is 14.6. The lowest BCUT2D eigenvalue weighted by atomic mass is 9.95. The number of benzene rings is 2. The normalized spacial score (nSPS) is 18.2. The molecule has 1 N–H and O–H groups in total. The molecule has 4 rings (SSSR count). The summed E-state index contributed by atoms with van der Waals surface area (Å²) in [5, 5.41) is 10.9. The van der Waals surface area contributed by atoms with E-state index in [9.17, 15) is 19.1 Å². The van der Waals surface area contributed by atoms with E-state index in [1.54, 1.807) is 61.2 Å². The van der Waals surface area contributed by atoms with Crippen LogP contribution < -0.4 is 0 Å². The predicted molar refractivity (Wildman–Crippen MR) is 109 cm³/mol. The topological polar surface area (TPSA) is 75.4 Å². The Balaban J connectivity index is 1.74. The van der Waals surface area contributed by atoms with Crippen molar-refractivity contribution in [2.75, 3.05) is 6.54 Å². The molecule has 1 aliphatic rings. The van der Waals surface area contributed by atoms with Crippen molar-refractivity contribution in [2.24, 2.45) is 0 Å². The van der Waals surface area contributed by atoms with Gasteiger partial charge in [0.1, 0.15) is 11.6 Å². The van der Waals surface area contributed by atoms with E-state index >= 15 is 0 Å². The minimum Gasteiger partial charge on any atom is -0.507 e. The molecule has 1 saturated heterocycles. The number of aliphatic hydroxyl groups is 1. The number of aromatic nitrogens is 2. The Hall–Kier alpha value is -3.74. The molecule has 1 aliphatic heterocycles. The van der Waals surface area contributed by atoms with Crippen LogP contribution in [-0.2, 0) is 16.1 Å².